The summed E-state index contributed by atoms with van der Waals surface area (Å²) in [4.78, 5) is 24.7. The molecule has 24 heavy (non-hydrogen) atoms. The molecule has 7 heteroatoms. The van der Waals surface area contributed by atoms with E-state index in [9.17, 15) is 14.0 Å². The molecule has 0 bridgehead atoms. The molecule has 1 heterocycles. The SMILES string of the molecule is CC1(C(=O)NCc2ccccc2F)Oc2ccc(Cl)cc2NC1=O. The van der Waals surface area contributed by atoms with Gasteiger partial charge >= 0.3 is 0 Å². The molecule has 0 aliphatic carbocycles. The summed E-state index contributed by atoms with van der Waals surface area (Å²) in [5, 5.41) is 5.57. The first-order valence-corrected chi connectivity index (χ1v) is 7.59. The van der Waals surface area contributed by atoms with Crippen LogP contribution in [-0.2, 0) is 16.1 Å². The first-order valence-electron chi connectivity index (χ1n) is 7.22. The number of carbonyl (C=O) groups excluding carboxylic acids is 2. The van der Waals surface area contributed by atoms with Gasteiger partial charge in [0.1, 0.15) is 11.6 Å². The number of hydrogen-bond donors (Lipinski definition) is 2. The van der Waals surface area contributed by atoms with Crippen LogP contribution in [0.1, 0.15) is 12.5 Å². The standard InChI is InChI=1S/C17H14ClFN2O3/c1-17(15(22)20-9-10-4-2-3-5-12(10)19)16(23)21-13-8-11(18)6-7-14(13)24-17/h2-8H,9H2,1H3,(H,20,22)(H,21,23). The van der Waals surface area contributed by atoms with Crippen LogP contribution < -0.4 is 15.4 Å². The third-order valence-corrected chi connectivity index (χ3v) is 4.00. The maximum Gasteiger partial charge on any atom is 0.278 e. The Morgan fingerprint density at radius 2 is 2.08 bits per heavy atom. The Morgan fingerprint density at radius 1 is 1.33 bits per heavy atom. The van der Waals surface area contributed by atoms with Crippen LogP contribution in [0.2, 0.25) is 5.02 Å². The monoisotopic (exact) mass is 348 g/mol. The van der Waals surface area contributed by atoms with Gasteiger partial charge in [0.05, 0.1) is 5.69 Å². The molecule has 2 amide bonds. The number of anilines is 1. The number of hydrogen-bond acceptors (Lipinski definition) is 3. The van der Waals surface area contributed by atoms with Crippen molar-refractivity contribution in [3.05, 3.63) is 58.9 Å². The van der Waals surface area contributed by atoms with Crippen molar-refractivity contribution >= 4 is 29.1 Å². The van der Waals surface area contributed by atoms with E-state index in [1.165, 1.54) is 19.1 Å². The molecular weight excluding hydrogens is 335 g/mol. The van der Waals surface area contributed by atoms with E-state index >= 15 is 0 Å². The van der Waals surface area contributed by atoms with Crippen LogP contribution in [0, 0.1) is 5.82 Å². The van der Waals surface area contributed by atoms with Gasteiger partial charge in [-0.25, -0.2) is 4.39 Å². The quantitative estimate of drug-likeness (QED) is 0.838. The van der Waals surface area contributed by atoms with E-state index in [1.54, 1.807) is 30.3 Å². The van der Waals surface area contributed by atoms with Gasteiger partial charge in [-0.3, -0.25) is 9.59 Å². The lowest BCUT2D eigenvalue weighted by Crippen LogP contribution is -2.58. The Kier molecular flexibility index (Phi) is 4.15. The molecule has 1 aliphatic rings. The molecule has 1 unspecified atom stereocenters. The normalized spacial score (nSPS) is 19.0. The lowest BCUT2D eigenvalue weighted by Gasteiger charge is -2.33. The van der Waals surface area contributed by atoms with Gasteiger partial charge in [-0.15, -0.1) is 0 Å². The van der Waals surface area contributed by atoms with Crippen LogP contribution in [0.15, 0.2) is 42.5 Å². The average molecular weight is 349 g/mol. The maximum absolute atomic E-state index is 13.6. The Bertz CT molecular complexity index is 827. The number of carbonyl (C=O) groups is 2. The van der Waals surface area contributed by atoms with Crippen molar-refractivity contribution < 1.29 is 18.7 Å². The summed E-state index contributed by atoms with van der Waals surface area (Å²) in [6.07, 6.45) is 0. The maximum atomic E-state index is 13.6. The van der Waals surface area contributed by atoms with Gasteiger partial charge in [0, 0.05) is 17.1 Å². The summed E-state index contributed by atoms with van der Waals surface area (Å²) in [5.74, 6) is -1.38. The number of rotatable bonds is 3. The first kappa shape index (κ1) is 16.3. The number of amides is 2. The highest BCUT2D eigenvalue weighted by Gasteiger charge is 2.47. The van der Waals surface area contributed by atoms with Crippen molar-refractivity contribution in [2.45, 2.75) is 19.1 Å². The van der Waals surface area contributed by atoms with Gasteiger partial charge < -0.3 is 15.4 Å². The molecule has 0 saturated carbocycles. The summed E-state index contributed by atoms with van der Waals surface area (Å²) in [7, 11) is 0. The van der Waals surface area contributed by atoms with Crippen LogP contribution in [0.25, 0.3) is 0 Å². The minimum absolute atomic E-state index is 0.0504. The Labute approximate surface area is 142 Å². The Morgan fingerprint density at radius 3 is 2.83 bits per heavy atom. The topological polar surface area (TPSA) is 67.4 Å². The predicted molar refractivity (Wildman–Crippen MR) is 87.4 cm³/mol. The highest BCUT2D eigenvalue weighted by Crippen LogP contribution is 2.35. The summed E-state index contributed by atoms with van der Waals surface area (Å²) >= 11 is 5.87. The van der Waals surface area contributed by atoms with Crippen molar-refractivity contribution in [3.63, 3.8) is 0 Å². The minimum Gasteiger partial charge on any atom is -0.466 e. The number of halogens is 2. The zero-order valence-corrected chi connectivity index (χ0v) is 13.5. The third-order valence-electron chi connectivity index (χ3n) is 3.77. The van der Waals surface area contributed by atoms with E-state index in [0.29, 0.717) is 22.0 Å². The smallest absolute Gasteiger partial charge is 0.278 e. The second-order valence-corrected chi connectivity index (χ2v) is 5.94. The third kappa shape index (κ3) is 2.92. The number of nitrogens with one attached hydrogen (secondary N) is 2. The molecule has 0 aromatic heterocycles. The molecule has 0 radical (unpaired) electrons. The largest absolute Gasteiger partial charge is 0.466 e. The molecule has 5 nitrogen and oxygen atoms in total. The second kappa shape index (κ2) is 6.13. The molecule has 0 fully saturated rings. The summed E-state index contributed by atoms with van der Waals surface area (Å²) < 4.78 is 19.2. The average Bonchev–Trinajstić information content (AvgIpc) is 2.55. The number of fused-ring (bicyclic) bond motifs is 1. The van der Waals surface area contributed by atoms with Crippen LogP contribution in [-0.4, -0.2) is 17.4 Å². The van der Waals surface area contributed by atoms with E-state index in [4.69, 9.17) is 16.3 Å². The van der Waals surface area contributed by atoms with Crippen molar-refractivity contribution in [3.8, 4) is 5.75 Å². The second-order valence-electron chi connectivity index (χ2n) is 5.50. The summed E-state index contributed by atoms with van der Waals surface area (Å²) in [6, 6.07) is 10.8. The zero-order valence-electron chi connectivity index (χ0n) is 12.7. The lowest BCUT2D eigenvalue weighted by molar-refractivity contribution is -0.146. The van der Waals surface area contributed by atoms with E-state index in [0.717, 1.165) is 0 Å². The fourth-order valence-electron chi connectivity index (χ4n) is 2.33. The van der Waals surface area contributed by atoms with Gasteiger partial charge in [0.2, 0.25) is 0 Å². The molecule has 2 aromatic carbocycles. The van der Waals surface area contributed by atoms with Crippen LogP contribution in [0.4, 0.5) is 10.1 Å². The van der Waals surface area contributed by atoms with Crippen LogP contribution in [0.5, 0.6) is 5.75 Å². The highest BCUT2D eigenvalue weighted by molar-refractivity contribution is 6.31. The number of ether oxygens (including phenoxy) is 1. The number of benzene rings is 2. The fraction of sp³-hybridized carbons (Fsp3) is 0.176. The molecule has 0 spiro atoms. The van der Waals surface area contributed by atoms with Gasteiger partial charge in [-0.05, 0) is 31.2 Å². The lowest BCUT2D eigenvalue weighted by atomic mass is 10.0. The van der Waals surface area contributed by atoms with Gasteiger partial charge in [0.25, 0.3) is 17.4 Å². The first-order chi connectivity index (χ1) is 11.4. The molecule has 2 N–H and O–H groups in total. The predicted octanol–water partition coefficient (Wildman–Crippen LogP) is 2.89. The molecule has 3 rings (SSSR count). The minimum atomic E-state index is -1.76. The summed E-state index contributed by atoms with van der Waals surface area (Å²) in [6.45, 7) is 1.31. The van der Waals surface area contributed by atoms with Crippen LogP contribution in [0.3, 0.4) is 0 Å². The molecule has 124 valence electrons. The highest BCUT2D eigenvalue weighted by atomic mass is 35.5. The van der Waals surface area contributed by atoms with E-state index in [2.05, 4.69) is 10.6 Å². The van der Waals surface area contributed by atoms with Crippen molar-refractivity contribution in [1.82, 2.24) is 5.32 Å². The van der Waals surface area contributed by atoms with Gasteiger partial charge in [0.15, 0.2) is 0 Å². The fourth-order valence-corrected chi connectivity index (χ4v) is 2.50. The van der Waals surface area contributed by atoms with Gasteiger partial charge in [-0.1, -0.05) is 29.8 Å². The van der Waals surface area contributed by atoms with E-state index < -0.39 is 23.2 Å². The van der Waals surface area contributed by atoms with E-state index in [1.807, 2.05) is 0 Å². The van der Waals surface area contributed by atoms with Crippen molar-refractivity contribution in [2.75, 3.05) is 5.32 Å². The molecule has 0 saturated heterocycles. The summed E-state index contributed by atoms with van der Waals surface area (Å²) in [5.41, 5.74) is -1.05. The van der Waals surface area contributed by atoms with E-state index in [-0.39, 0.29) is 6.54 Å². The van der Waals surface area contributed by atoms with Crippen LogP contribution >= 0.6 is 11.6 Å². The molecular formula is C17H14ClFN2O3. The Balaban J connectivity index is 1.77. The van der Waals surface area contributed by atoms with Crippen molar-refractivity contribution in [1.29, 1.82) is 0 Å². The molecule has 2 aromatic rings. The van der Waals surface area contributed by atoms with Gasteiger partial charge in [-0.2, -0.15) is 0 Å². The van der Waals surface area contributed by atoms with Crippen molar-refractivity contribution in [2.24, 2.45) is 0 Å². The molecule has 1 atom stereocenters. The Hall–Kier alpha value is -2.60. The zero-order chi connectivity index (χ0) is 17.3. The molecule has 1 aliphatic heterocycles.